The minimum Gasteiger partial charge on any atom is -0.368 e. The molecule has 4 aliphatic rings. The van der Waals surface area contributed by atoms with Gasteiger partial charge in [-0.3, -0.25) is 9.59 Å². The summed E-state index contributed by atoms with van der Waals surface area (Å²) in [5.74, 6) is 0.826. The average molecular weight is 405 g/mol. The van der Waals surface area contributed by atoms with Crippen LogP contribution in [0.2, 0.25) is 0 Å². The van der Waals surface area contributed by atoms with Gasteiger partial charge in [0, 0.05) is 5.41 Å². The molecule has 2 amide bonds. The normalized spacial score (nSPS) is 32.1. The number of benzene rings is 1. The summed E-state index contributed by atoms with van der Waals surface area (Å²) in [6, 6.07) is 7.17. The van der Waals surface area contributed by atoms with Gasteiger partial charge in [0.05, 0.1) is 10.6 Å². The minimum atomic E-state index is -3.53. The Labute approximate surface area is 166 Å². The lowest BCUT2D eigenvalue weighted by molar-refractivity contribution is -0.148. The smallest absolute Gasteiger partial charge is 0.240 e. The number of rotatable bonds is 7. The van der Waals surface area contributed by atoms with Gasteiger partial charge in [-0.15, -0.1) is 0 Å². The van der Waals surface area contributed by atoms with E-state index in [0.29, 0.717) is 17.8 Å². The summed E-state index contributed by atoms with van der Waals surface area (Å²) in [5.41, 5.74) is 5.11. The van der Waals surface area contributed by atoms with Crippen molar-refractivity contribution in [2.75, 3.05) is 5.75 Å². The first-order chi connectivity index (χ1) is 13.3. The number of primary amides is 1. The van der Waals surface area contributed by atoms with Crippen LogP contribution in [0.4, 0.5) is 0 Å². The van der Waals surface area contributed by atoms with E-state index in [0.717, 1.165) is 19.3 Å². The van der Waals surface area contributed by atoms with Gasteiger partial charge < -0.3 is 11.1 Å². The van der Waals surface area contributed by atoms with E-state index < -0.39 is 21.8 Å². The summed E-state index contributed by atoms with van der Waals surface area (Å²) < 4.78 is 25.0. The molecule has 1 aromatic rings. The standard InChI is InChI=1S/C21H28N2O4S/c22-19(24)18(6-7-28(26,27)17-4-2-1-3-5-17)23-20(25)21-11-14-8-15(12-21)10-16(9-14)13-21/h1-5,14-16,18H,6-13H2,(H2,22,24)(H,23,25)/t14?,15?,16?,18-,21?/m1/s1. The zero-order valence-electron chi connectivity index (χ0n) is 16.0. The van der Waals surface area contributed by atoms with Crippen LogP contribution in [0.5, 0.6) is 0 Å². The summed E-state index contributed by atoms with van der Waals surface area (Å²) >= 11 is 0. The number of sulfone groups is 1. The second-order valence-electron chi connectivity index (χ2n) is 9.05. The highest BCUT2D eigenvalue weighted by molar-refractivity contribution is 7.91. The summed E-state index contributed by atoms with van der Waals surface area (Å²) in [7, 11) is -3.53. The SMILES string of the molecule is NC(=O)[C@@H](CCS(=O)(=O)c1ccccc1)NC(=O)C12CC3CC(CC(C3)C1)C2. The monoisotopic (exact) mass is 404 g/mol. The van der Waals surface area contributed by atoms with Crippen molar-refractivity contribution in [3.8, 4) is 0 Å². The van der Waals surface area contributed by atoms with Crippen molar-refractivity contribution < 1.29 is 18.0 Å². The van der Waals surface area contributed by atoms with E-state index >= 15 is 0 Å². The molecule has 7 heteroatoms. The molecule has 3 N–H and O–H groups in total. The zero-order chi connectivity index (χ0) is 19.9. The van der Waals surface area contributed by atoms with Gasteiger partial charge in [0.25, 0.3) is 0 Å². The van der Waals surface area contributed by atoms with Crippen LogP contribution < -0.4 is 11.1 Å². The molecular weight excluding hydrogens is 376 g/mol. The van der Waals surface area contributed by atoms with Crippen molar-refractivity contribution in [3.05, 3.63) is 30.3 Å². The highest BCUT2D eigenvalue weighted by Gasteiger charge is 2.54. The highest BCUT2D eigenvalue weighted by Crippen LogP contribution is 2.60. The Balaban J connectivity index is 1.43. The van der Waals surface area contributed by atoms with E-state index in [4.69, 9.17) is 5.73 Å². The lowest BCUT2D eigenvalue weighted by Gasteiger charge is -2.55. The van der Waals surface area contributed by atoms with Gasteiger partial charge in [0.2, 0.25) is 11.8 Å². The van der Waals surface area contributed by atoms with Gasteiger partial charge in [-0.25, -0.2) is 8.42 Å². The van der Waals surface area contributed by atoms with Gasteiger partial charge in [-0.05, 0) is 74.8 Å². The largest absolute Gasteiger partial charge is 0.368 e. The highest BCUT2D eigenvalue weighted by atomic mass is 32.2. The van der Waals surface area contributed by atoms with Gasteiger partial charge in [-0.1, -0.05) is 18.2 Å². The van der Waals surface area contributed by atoms with Crippen LogP contribution in [0, 0.1) is 23.2 Å². The fourth-order valence-corrected chi connectivity index (χ4v) is 7.36. The predicted molar refractivity (Wildman–Crippen MR) is 105 cm³/mol. The van der Waals surface area contributed by atoms with Crippen molar-refractivity contribution in [2.24, 2.45) is 28.9 Å². The third kappa shape index (κ3) is 3.69. The Kier molecular flexibility index (Phi) is 4.98. The summed E-state index contributed by atoms with van der Waals surface area (Å²) in [4.78, 5) is 25.3. The van der Waals surface area contributed by atoms with E-state index in [9.17, 15) is 18.0 Å². The molecule has 6 nitrogen and oxygen atoms in total. The van der Waals surface area contributed by atoms with Crippen LogP contribution in [0.15, 0.2) is 35.2 Å². The predicted octanol–water partition coefficient (Wildman–Crippen LogP) is 2.04. The zero-order valence-corrected chi connectivity index (χ0v) is 16.8. The number of amides is 2. The first kappa shape index (κ1) is 19.4. The molecule has 0 unspecified atom stereocenters. The molecule has 1 atom stereocenters. The average Bonchev–Trinajstić information content (AvgIpc) is 2.64. The van der Waals surface area contributed by atoms with Gasteiger partial charge >= 0.3 is 0 Å². The number of hydrogen-bond acceptors (Lipinski definition) is 4. The molecule has 0 aliphatic heterocycles. The summed E-state index contributed by atoms with van der Waals surface area (Å²) in [6.45, 7) is 0. The van der Waals surface area contributed by atoms with E-state index in [-0.39, 0.29) is 28.4 Å². The Morgan fingerprint density at radius 2 is 1.57 bits per heavy atom. The maximum Gasteiger partial charge on any atom is 0.240 e. The lowest BCUT2D eigenvalue weighted by atomic mass is 9.49. The van der Waals surface area contributed by atoms with Gasteiger partial charge in [-0.2, -0.15) is 0 Å². The molecule has 4 saturated carbocycles. The molecule has 4 aliphatic carbocycles. The van der Waals surface area contributed by atoms with E-state index in [1.54, 1.807) is 18.2 Å². The Morgan fingerprint density at radius 1 is 1.04 bits per heavy atom. The second-order valence-corrected chi connectivity index (χ2v) is 11.2. The number of carbonyl (C=O) groups is 2. The Hall–Kier alpha value is -1.89. The first-order valence-corrected chi connectivity index (χ1v) is 11.8. The molecule has 4 fully saturated rings. The number of hydrogen-bond donors (Lipinski definition) is 2. The van der Waals surface area contributed by atoms with Crippen LogP contribution in [-0.2, 0) is 19.4 Å². The van der Waals surface area contributed by atoms with Gasteiger partial charge in [0.15, 0.2) is 9.84 Å². The molecule has 5 rings (SSSR count). The molecule has 0 aromatic heterocycles. The maximum absolute atomic E-state index is 13.1. The van der Waals surface area contributed by atoms with Crippen molar-refractivity contribution in [3.63, 3.8) is 0 Å². The lowest BCUT2D eigenvalue weighted by Crippen LogP contribution is -2.57. The van der Waals surface area contributed by atoms with Crippen molar-refractivity contribution in [2.45, 2.75) is 55.9 Å². The van der Waals surface area contributed by atoms with Crippen molar-refractivity contribution in [1.82, 2.24) is 5.32 Å². The fraction of sp³-hybridized carbons (Fsp3) is 0.619. The first-order valence-electron chi connectivity index (χ1n) is 10.2. The molecular formula is C21H28N2O4S. The Morgan fingerprint density at radius 3 is 2.07 bits per heavy atom. The molecule has 0 spiro atoms. The topological polar surface area (TPSA) is 106 Å². The molecule has 4 bridgehead atoms. The number of nitrogens with one attached hydrogen (secondary N) is 1. The van der Waals surface area contributed by atoms with Crippen LogP contribution in [-0.4, -0.2) is 32.0 Å². The van der Waals surface area contributed by atoms with Gasteiger partial charge in [0.1, 0.15) is 6.04 Å². The second kappa shape index (κ2) is 7.17. The van der Waals surface area contributed by atoms with Crippen molar-refractivity contribution >= 4 is 21.7 Å². The molecule has 152 valence electrons. The van der Waals surface area contributed by atoms with Crippen LogP contribution in [0.1, 0.15) is 44.9 Å². The Bertz CT molecular complexity index is 830. The van der Waals surface area contributed by atoms with Crippen LogP contribution >= 0.6 is 0 Å². The molecule has 0 radical (unpaired) electrons. The molecule has 28 heavy (non-hydrogen) atoms. The van der Waals surface area contributed by atoms with Crippen molar-refractivity contribution in [1.29, 1.82) is 0 Å². The van der Waals surface area contributed by atoms with Crippen LogP contribution in [0.3, 0.4) is 0 Å². The minimum absolute atomic E-state index is 0.00926. The number of nitrogens with two attached hydrogens (primary N) is 1. The van der Waals surface area contributed by atoms with E-state index in [1.165, 1.54) is 31.4 Å². The van der Waals surface area contributed by atoms with Crippen LogP contribution in [0.25, 0.3) is 0 Å². The van der Waals surface area contributed by atoms with E-state index in [1.807, 2.05) is 0 Å². The summed E-state index contributed by atoms with van der Waals surface area (Å²) in [6.07, 6.45) is 6.32. The third-order valence-electron chi connectivity index (χ3n) is 6.95. The maximum atomic E-state index is 13.1. The molecule has 0 saturated heterocycles. The molecule has 0 heterocycles. The molecule has 1 aromatic carbocycles. The number of carbonyl (C=O) groups excluding carboxylic acids is 2. The van der Waals surface area contributed by atoms with E-state index in [2.05, 4.69) is 5.32 Å². The quantitative estimate of drug-likeness (QED) is 0.725. The third-order valence-corrected chi connectivity index (χ3v) is 8.71. The summed E-state index contributed by atoms with van der Waals surface area (Å²) in [5, 5.41) is 2.82. The fourth-order valence-electron chi connectivity index (χ4n) is 6.00.